The molecular weight excluding hydrogens is 258 g/mol. The highest BCUT2D eigenvalue weighted by Crippen LogP contribution is 2.21. The number of aryl methyl sites for hydroxylation is 3. The second kappa shape index (κ2) is 7.28. The Hall–Kier alpha value is -1.80. The zero-order chi connectivity index (χ0) is 15.2. The summed E-state index contributed by atoms with van der Waals surface area (Å²) in [6, 6.07) is 12.8. The first-order chi connectivity index (χ1) is 10.1. The van der Waals surface area contributed by atoms with Crippen molar-refractivity contribution >= 4 is 5.69 Å². The van der Waals surface area contributed by atoms with E-state index in [1.54, 1.807) is 0 Å². The number of para-hydroxylation sites is 1. The van der Waals surface area contributed by atoms with Crippen molar-refractivity contribution in [3.8, 4) is 0 Å². The van der Waals surface area contributed by atoms with E-state index in [4.69, 9.17) is 4.74 Å². The van der Waals surface area contributed by atoms with E-state index < -0.39 is 0 Å². The summed E-state index contributed by atoms with van der Waals surface area (Å²) in [7, 11) is 0. The molecule has 2 heteroatoms. The van der Waals surface area contributed by atoms with Gasteiger partial charge in [-0.2, -0.15) is 0 Å². The quantitative estimate of drug-likeness (QED) is 0.825. The molecule has 2 nitrogen and oxygen atoms in total. The van der Waals surface area contributed by atoms with Crippen LogP contribution in [0.2, 0.25) is 0 Å². The third-order valence-corrected chi connectivity index (χ3v) is 3.78. The van der Waals surface area contributed by atoms with Gasteiger partial charge in [0.25, 0.3) is 0 Å². The zero-order valence-electron chi connectivity index (χ0n) is 13.5. The van der Waals surface area contributed by atoms with Crippen LogP contribution in [0.25, 0.3) is 0 Å². The lowest BCUT2D eigenvalue weighted by Gasteiger charge is -2.15. The minimum atomic E-state index is 0.658. The van der Waals surface area contributed by atoms with Gasteiger partial charge < -0.3 is 10.1 Å². The molecule has 1 N–H and O–H groups in total. The van der Waals surface area contributed by atoms with Crippen molar-refractivity contribution in [1.29, 1.82) is 0 Å². The number of ether oxygens (including phenoxy) is 1. The third-order valence-electron chi connectivity index (χ3n) is 3.78. The highest BCUT2D eigenvalue weighted by atomic mass is 16.5. The van der Waals surface area contributed by atoms with Gasteiger partial charge in [-0.25, -0.2) is 0 Å². The highest BCUT2D eigenvalue weighted by molar-refractivity contribution is 5.52. The SMILES string of the molecule is CCOCc1ccccc1NCc1c(C)cc(C)cc1C. The topological polar surface area (TPSA) is 21.3 Å². The molecule has 0 bridgehead atoms. The molecule has 0 heterocycles. The van der Waals surface area contributed by atoms with Gasteiger partial charge >= 0.3 is 0 Å². The molecule has 0 aliphatic rings. The van der Waals surface area contributed by atoms with E-state index in [-0.39, 0.29) is 0 Å². The molecular formula is C19H25NO. The van der Waals surface area contributed by atoms with Crippen molar-refractivity contribution in [3.63, 3.8) is 0 Å². The van der Waals surface area contributed by atoms with E-state index in [1.807, 2.05) is 6.92 Å². The molecule has 0 spiro atoms. The van der Waals surface area contributed by atoms with E-state index in [1.165, 1.54) is 27.8 Å². The van der Waals surface area contributed by atoms with Gasteiger partial charge in [0, 0.05) is 24.4 Å². The van der Waals surface area contributed by atoms with E-state index in [0.717, 1.165) is 18.8 Å². The molecule has 0 saturated heterocycles. The maximum absolute atomic E-state index is 5.54. The van der Waals surface area contributed by atoms with Crippen LogP contribution >= 0.6 is 0 Å². The number of nitrogens with one attached hydrogen (secondary N) is 1. The highest BCUT2D eigenvalue weighted by Gasteiger charge is 2.06. The van der Waals surface area contributed by atoms with Gasteiger partial charge in [0.05, 0.1) is 6.61 Å². The molecule has 0 aromatic heterocycles. The minimum absolute atomic E-state index is 0.658. The van der Waals surface area contributed by atoms with Crippen molar-refractivity contribution in [1.82, 2.24) is 0 Å². The zero-order valence-corrected chi connectivity index (χ0v) is 13.5. The Kier molecular flexibility index (Phi) is 5.40. The summed E-state index contributed by atoms with van der Waals surface area (Å²) in [4.78, 5) is 0. The van der Waals surface area contributed by atoms with Gasteiger partial charge in [0.2, 0.25) is 0 Å². The summed E-state index contributed by atoms with van der Waals surface area (Å²) in [6.07, 6.45) is 0. The summed E-state index contributed by atoms with van der Waals surface area (Å²) in [6.45, 7) is 10.8. The largest absolute Gasteiger partial charge is 0.381 e. The van der Waals surface area contributed by atoms with Crippen LogP contribution in [0.1, 0.15) is 34.7 Å². The van der Waals surface area contributed by atoms with E-state index >= 15 is 0 Å². The molecule has 112 valence electrons. The van der Waals surface area contributed by atoms with Crippen molar-refractivity contribution in [2.75, 3.05) is 11.9 Å². The average Bonchev–Trinajstić information content (AvgIpc) is 2.45. The van der Waals surface area contributed by atoms with Crippen LogP contribution in [0.15, 0.2) is 36.4 Å². The molecule has 2 aromatic carbocycles. The normalized spacial score (nSPS) is 10.7. The number of anilines is 1. The molecule has 0 amide bonds. The van der Waals surface area contributed by atoms with Gasteiger partial charge in [0.1, 0.15) is 0 Å². The Balaban J connectivity index is 2.13. The maximum atomic E-state index is 5.54. The van der Waals surface area contributed by atoms with Crippen molar-refractivity contribution < 1.29 is 4.74 Å². The third kappa shape index (κ3) is 4.08. The van der Waals surface area contributed by atoms with Crippen LogP contribution in [-0.4, -0.2) is 6.61 Å². The summed E-state index contributed by atoms with van der Waals surface area (Å²) in [5, 5.41) is 3.56. The molecule has 0 unspecified atom stereocenters. The number of hydrogen-bond donors (Lipinski definition) is 1. The lowest BCUT2D eigenvalue weighted by atomic mass is 9.99. The summed E-state index contributed by atoms with van der Waals surface area (Å²) in [5.41, 5.74) is 7.77. The van der Waals surface area contributed by atoms with Crippen molar-refractivity contribution in [2.45, 2.75) is 40.8 Å². The fourth-order valence-electron chi connectivity index (χ4n) is 2.70. The molecule has 2 aromatic rings. The molecule has 0 atom stereocenters. The van der Waals surface area contributed by atoms with Gasteiger partial charge in [-0.3, -0.25) is 0 Å². The Labute approximate surface area is 128 Å². The van der Waals surface area contributed by atoms with Crippen LogP contribution in [0, 0.1) is 20.8 Å². The fourth-order valence-corrected chi connectivity index (χ4v) is 2.70. The lowest BCUT2D eigenvalue weighted by molar-refractivity contribution is 0.134. The standard InChI is InChI=1S/C19H25NO/c1-5-21-13-17-8-6-7-9-19(17)20-12-18-15(3)10-14(2)11-16(18)4/h6-11,20H,5,12-13H2,1-4H3. The van der Waals surface area contributed by atoms with Gasteiger partial charge in [-0.15, -0.1) is 0 Å². The summed E-state index contributed by atoms with van der Waals surface area (Å²) in [5.74, 6) is 0. The summed E-state index contributed by atoms with van der Waals surface area (Å²) >= 11 is 0. The van der Waals surface area contributed by atoms with Crippen molar-refractivity contribution in [3.05, 3.63) is 64.2 Å². The Morgan fingerprint density at radius 1 is 1.00 bits per heavy atom. The average molecular weight is 283 g/mol. The summed E-state index contributed by atoms with van der Waals surface area (Å²) < 4.78 is 5.54. The van der Waals surface area contributed by atoms with Gasteiger partial charge in [0.15, 0.2) is 0 Å². The first-order valence-electron chi connectivity index (χ1n) is 7.58. The van der Waals surface area contributed by atoms with E-state index in [2.05, 4.69) is 62.5 Å². The molecule has 0 aliphatic carbocycles. The first kappa shape index (κ1) is 15.6. The maximum Gasteiger partial charge on any atom is 0.0736 e. The Morgan fingerprint density at radius 3 is 2.33 bits per heavy atom. The van der Waals surface area contributed by atoms with Crippen LogP contribution in [0.5, 0.6) is 0 Å². The van der Waals surface area contributed by atoms with E-state index in [0.29, 0.717) is 6.61 Å². The predicted octanol–water partition coefficient (Wildman–Crippen LogP) is 4.76. The molecule has 0 radical (unpaired) electrons. The monoisotopic (exact) mass is 283 g/mol. The molecule has 0 saturated carbocycles. The number of hydrogen-bond acceptors (Lipinski definition) is 2. The second-order valence-electron chi connectivity index (χ2n) is 5.53. The molecule has 21 heavy (non-hydrogen) atoms. The Bertz CT molecular complexity index is 581. The predicted molar refractivity (Wildman–Crippen MR) is 89.8 cm³/mol. The molecule has 2 rings (SSSR count). The van der Waals surface area contributed by atoms with Gasteiger partial charge in [-0.05, 0) is 50.5 Å². The number of rotatable bonds is 6. The van der Waals surface area contributed by atoms with Crippen LogP contribution in [-0.2, 0) is 17.9 Å². The van der Waals surface area contributed by atoms with Gasteiger partial charge in [-0.1, -0.05) is 35.9 Å². The van der Waals surface area contributed by atoms with E-state index in [9.17, 15) is 0 Å². The minimum Gasteiger partial charge on any atom is -0.381 e. The smallest absolute Gasteiger partial charge is 0.0736 e. The Morgan fingerprint density at radius 2 is 1.67 bits per heavy atom. The first-order valence-corrected chi connectivity index (χ1v) is 7.58. The molecule has 0 fully saturated rings. The van der Waals surface area contributed by atoms with Crippen molar-refractivity contribution in [2.24, 2.45) is 0 Å². The van der Waals surface area contributed by atoms with Crippen LogP contribution < -0.4 is 5.32 Å². The second-order valence-corrected chi connectivity index (χ2v) is 5.53. The lowest BCUT2D eigenvalue weighted by Crippen LogP contribution is -2.06. The van der Waals surface area contributed by atoms with Crippen LogP contribution in [0.4, 0.5) is 5.69 Å². The number of benzene rings is 2. The van der Waals surface area contributed by atoms with Crippen LogP contribution in [0.3, 0.4) is 0 Å². The fraction of sp³-hybridized carbons (Fsp3) is 0.368. The molecule has 0 aliphatic heterocycles.